The summed E-state index contributed by atoms with van der Waals surface area (Å²) in [6, 6.07) is 10.8. The van der Waals surface area contributed by atoms with Crippen molar-refractivity contribution in [2.75, 3.05) is 0 Å². The first-order chi connectivity index (χ1) is 8.09. The highest BCUT2D eigenvalue weighted by molar-refractivity contribution is 6.06. The van der Waals surface area contributed by atoms with Crippen LogP contribution in [0, 0.1) is 0 Å². The lowest BCUT2D eigenvalue weighted by atomic mass is 10.0. The second-order valence-electron chi connectivity index (χ2n) is 3.77. The Hall–Kier alpha value is -2.29. The van der Waals surface area contributed by atoms with Gasteiger partial charge >= 0.3 is 5.97 Å². The zero-order valence-corrected chi connectivity index (χ0v) is 9.43. The van der Waals surface area contributed by atoms with Crippen LogP contribution in [0.5, 0.6) is 5.75 Å². The van der Waals surface area contributed by atoms with Crippen molar-refractivity contribution in [1.82, 2.24) is 0 Å². The summed E-state index contributed by atoms with van der Waals surface area (Å²) < 4.78 is 5.34. The topological polar surface area (TPSA) is 46.5 Å². The molecule has 86 valence electrons. The minimum atomic E-state index is -1.00. The van der Waals surface area contributed by atoms with E-state index in [9.17, 15) is 9.90 Å². The molecular formula is C14H12O3. The number of rotatable bonds is 3. The molecule has 0 fully saturated rings. The Bertz CT molecular complexity index is 599. The van der Waals surface area contributed by atoms with E-state index in [1.807, 2.05) is 18.2 Å². The molecule has 0 amide bonds. The maximum absolute atomic E-state index is 11.3. The number of aromatic carboxylic acids is 1. The highest BCUT2D eigenvalue weighted by Gasteiger charge is 2.15. The maximum Gasteiger partial charge on any atom is 0.340 e. The van der Waals surface area contributed by atoms with Gasteiger partial charge < -0.3 is 9.84 Å². The van der Waals surface area contributed by atoms with Gasteiger partial charge in [0.1, 0.15) is 11.3 Å². The summed E-state index contributed by atoms with van der Waals surface area (Å²) in [5, 5.41) is 10.8. The number of hydrogen-bond donors (Lipinski definition) is 1. The van der Waals surface area contributed by atoms with Gasteiger partial charge in [-0.3, -0.25) is 0 Å². The van der Waals surface area contributed by atoms with Crippen molar-refractivity contribution in [3.05, 3.63) is 54.3 Å². The molecule has 2 rings (SSSR count). The minimum absolute atomic E-state index is 0.172. The van der Waals surface area contributed by atoms with Crippen LogP contribution in [0.15, 0.2) is 48.7 Å². The quantitative estimate of drug-likeness (QED) is 0.818. The van der Waals surface area contributed by atoms with Gasteiger partial charge in [-0.15, -0.1) is 0 Å². The molecule has 3 heteroatoms. The first-order valence-electron chi connectivity index (χ1n) is 5.18. The average molecular weight is 228 g/mol. The molecular weight excluding hydrogens is 216 g/mol. The summed E-state index contributed by atoms with van der Waals surface area (Å²) >= 11 is 0. The van der Waals surface area contributed by atoms with Crippen molar-refractivity contribution >= 4 is 16.7 Å². The van der Waals surface area contributed by atoms with E-state index in [0.717, 1.165) is 5.39 Å². The number of fused-ring (bicyclic) bond motifs is 1. The first-order valence-corrected chi connectivity index (χ1v) is 5.18. The summed E-state index contributed by atoms with van der Waals surface area (Å²) in [5.41, 5.74) is 0.172. The van der Waals surface area contributed by atoms with E-state index in [-0.39, 0.29) is 5.56 Å². The number of ether oxygens (including phenoxy) is 1. The first kappa shape index (κ1) is 11.2. The lowest BCUT2D eigenvalue weighted by molar-refractivity contribution is 0.0696. The molecule has 0 aromatic heterocycles. The molecule has 0 saturated heterocycles. The van der Waals surface area contributed by atoms with Gasteiger partial charge in [0.15, 0.2) is 0 Å². The van der Waals surface area contributed by atoms with Gasteiger partial charge in [-0.1, -0.05) is 36.9 Å². The Kier molecular flexibility index (Phi) is 2.83. The molecule has 2 aromatic rings. The summed E-state index contributed by atoms with van der Waals surface area (Å²) in [4.78, 5) is 11.3. The van der Waals surface area contributed by atoms with Crippen LogP contribution in [0.3, 0.4) is 0 Å². The van der Waals surface area contributed by atoms with Gasteiger partial charge in [-0.25, -0.2) is 4.79 Å². The van der Waals surface area contributed by atoms with E-state index in [0.29, 0.717) is 16.9 Å². The molecule has 0 heterocycles. The summed E-state index contributed by atoms with van der Waals surface area (Å²) in [5.74, 6) is -0.218. The fourth-order valence-corrected chi connectivity index (χ4v) is 1.74. The molecule has 1 N–H and O–H groups in total. The molecule has 0 radical (unpaired) electrons. The Morgan fingerprint density at radius 1 is 1.24 bits per heavy atom. The lowest BCUT2D eigenvalue weighted by Gasteiger charge is -2.10. The number of allylic oxidation sites excluding steroid dienone is 1. The standard InChI is InChI=1S/C14H12O3/c1-9(2)17-12-8-7-10-5-3-4-6-11(10)13(12)14(15)16/h3-8H,1H2,2H3,(H,15,16). The molecule has 0 aliphatic heterocycles. The predicted octanol–water partition coefficient (Wildman–Crippen LogP) is 3.45. The summed E-state index contributed by atoms with van der Waals surface area (Å²) in [7, 11) is 0. The van der Waals surface area contributed by atoms with Gasteiger partial charge in [0.2, 0.25) is 0 Å². The van der Waals surface area contributed by atoms with E-state index in [2.05, 4.69) is 6.58 Å². The van der Waals surface area contributed by atoms with Crippen LogP contribution in [0.1, 0.15) is 17.3 Å². The Balaban J connectivity index is 2.72. The van der Waals surface area contributed by atoms with Gasteiger partial charge in [-0.2, -0.15) is 0 Å². The van der Waals surface area contributed by atoms with E-state index in [1.165, 1.54) is 0 Å². The fraction of sp³-hybridized carbons (Fsp3) is 0.0714. The monoisotopic (exact) mass is 228 g/mol. The zero-order valence-electron chi connectivity index (χ0n) is 9.43. The number of carboxylic acid groups (broad SMARTS) is 1. The third kappa shape index (κ3) is 2.13. The lowest BCUT2D eigenvalue weighted by Crippen LogP contribution is -2.02. The number of carbonyl (C=O) groups is 1. The largest absolute Gasteiger partial charge is 0.478 e. The Labute approximate surface area is 99.0 Å². The second-order valence-corrected chi connectivity index (χ2v) is 3.77. The Morgan fingerprint density at radius 2 is 1.94 bits per heavy atom. The van der Waals surface area contributed by atoms with Crippen molar-refractivity contribution in [1.29, 1.82) is 0 Å². The summed E-state index contributed by atoms with van der Waals surface area (Å²) in [6.07, 6.45) is 0. The molecule has 0 aliphatic carbocycles. The van der Waals surface area contributed by atoms with Crippen LogP contribution >= 0.6 is 0 Å². The highest BCUT2D eigenvalue weighted by atomic mass is 16.5. The van der Waals surface area contributed by atoms with Crippen molar-refractivity contribution < 1.29 is 14.6 Å². The van der Waals surface area contributed by atoms with Crippen molar-refractivity contribution in [2.24, 2.45) is 0 Å². The Morgan fingerprint density at radius 3 is 2.59 bits per heavy atom. The van der Waals surface area contributed by atoms with E-state index in [1.54, 1.807) is 25.1 Å². The van der Waals surface area contributed by atoms with Gasteiger partial charge in [0.25, 0.3) is 0 Å². The molecule has 0 saturated carbocycles. The highest BCUT2D eigenvalue weighted by Crippen LogP contribution is 2.29. The van der Waals surface area contributed by atoms with Crippen LogP contribution in [0.4, 0.5) is 0 Å². The van der Waals surface area contributed by atoms with Gasteiger partial charge in [-0.05, 0) is 23.8 Å². The van der Waals surface area contributed by atoms with Crippen molar-refractivity contribution in [2.45, 2.75) is 6.92 Å². The molecule has 3 nitrogen and oxygen atoms in total. The molecule has 0 atom stereocenters. The van der Waals surface area contributed by atoms with Crippen LogP contribution in [-0.4, -0.2) is 11.1 Å². The molecule has 0 aliphatic rings. The molecule has 0 bridgehead atoms. The molecule has 2 aromatic carbocycles. The van der Waals surface area contributed by atoms with Crippen molar-refractivity contribution in [3.63, 3.8) is 0 Å². The average Bonchev–Trinajstić information content (AvgIpc) is 2.27. The minimum Gasteiger partial charge on any atom is -0.478 e. The van der Waals surface area contributed by atoms with Gasteiger partial charge in [0.05, 0.1) is 5.76 Å². The normalized spacial score (nSPS) is 10.2. The molecule has 0 unspecified atom stereocenters. The second kappa shape index (κ2) is 4.29. The fourth-order valence-electron chi connectivity index (χ4n) is 1.74. The predicted molar refractivity (Wildman–Crippen MR) is 66.3 cm³/mol. The van der Waals surface area contributed by atoms with E-state index in [4.69, 9.17) is 4.74 Å². The van der Waals surface area contributed by atoms with Gasteiger partial charge in [0, 0.05) is 0 Å². The third-order valence-corrected chi connectivity index (χ3v) is 2.39. The third-order valence-electron chi connectivity index (χ3n) is 2.39. The van der Waals surface area contributed by atoms with E-state index >= 15 is 0 Å². The maximum atomic E-state index is 11.3. The molecule has 17 heavy (non-hydrogen) atoms. The smallest absolute Gasteiger partial charge is 0.340 e. The van der Waals surface area contributed by atoms with Crippen molar-refractivity contribution in [3.8, 4) is 5.75 Å². The van der Waals surface area contributed by atoms with Crippen LogP contribution in [0.2, 0.25) is 0 Å². The zero-order chi connectivity index (χ0) is 12.4. The van der Waals surface area contributed by atoms with Crippen LogP contribution in [0.25, 0.3) is 10.8 Å². The van der Waals surface area contributed by atoms with Crippen LogP contribution in [-0.2, 0) is 0 Å². The SMILES string of the molecule is C=C(C)Oc1ccc2ccccc2c1C(=O)O. The number of benzene rings is 2. The number of hydrogen-bond acceptors (Lipinski definition) is 2. The van der Waals surface area contributed by atoms with E-state index < -0.39 is 5.97 Å². The summed E-state index contributed by atoms with van der Waals surface area (Å²) in [6.45, 7) is 5.30. The number of carboxylic acids is 1. The molecule has 0 spiro atoms. The van der Waals surface area contributed by atoms with Crippen LogP contribution < -0.4 is 4.74 Å².